The van der Waals surface area contributed by atoms with Crippen LogP contribution in [0, 0.1) is 6.92 Å². The number of likely N-dealkylation sites (N-methyl/N-ethyl adjacent to an activating group) is 1. The Bertz CT molecular complexity index is 623. The Morgan fingerprint density at radius 3 is 2.44 bits per heavy atom. The van der Waals surface area contributed by atoms with E-state index in [2.05, 4.69) is 85.3 Å². The summed E-state index contributed by atoms with van der Waals surface area (Å²) < 4.78 is 0. The molecule has 1 unspecified atom stereocenters. The average Bonchev–Trinajstić information content (AvgIpc) is 3.08. The fourth-order valence-corrected chi connectivity index (χ4v) is 3.34. The smallest absolute Gasteiger partial charge is 0.191 e. The third-order valence-electron chi connectivity index (χ3n) is 3.84. The molecule has 0 saturated heterocycles. The fraction of sp³-hybridized carbons (Fsp3) is 0.421. The monoisotopic (exact) mass is 472 g/mol. The molecule has 0 amide bonds. The normalized spacial score (nSPS) is 12.6. The molecule has 0 radical (unpaired) electrons. The van der Waals surface area contributed by atoms with Crippen LogP contribution in [0.1, 0.15) is 29.0 Å². The number of halogens is 1. The molecule has 138 valence electrons. The van der Waals surface area contributed by atoms with Crippen molar-refractivity contribution in [3.05, 3.63) is 57.8 Å². The van der Waals surface area contributed by atoms with Gasteiger partial charge in [0.1, 0.15) is 0 Å². The zero-order valence-corrected chi connectivity index (χ0v) is 18.6. The highest BCUT2D eigenvalue weighted by Crippen LogP contribution is 2.22. The van der Waals surface area contributed by atoms with Crippen LogP contribution in [-0.4, -0.2) is 38.0 Å². The minimum atomic E-state index is 0. The molecule has 25 heavy (non-hydrogen) atoms. The van der Waals surface area contributed by atoms with Crippen molar-refractivity contribution in [3.8, 4) is 0 Å². The molecule has 1 atom stereocenters. The van der Waals surface area contributed by atoms with E-state index in [-0.39, 0.29) is 24.0 Å². The number of hydrogen-bond acceptors (Lipinski definition) is 3. The number of nitrogens with zero attached hydrogens (tertiary/aromatic N) is 2. The van der Waals surface area contributed by atoms with Gasteiger partial charge >= 0.3 is 0 Å². The number of thiophene rings is 1. The summed E-state index contributed by atoms with van der Waals surface area (Å²) >= 11 is 1.79. The first-order valence-electron chi connectivity index (χ1n) is 8.37. The second-order valence-corrected chi connectivity index (χ2v) is 7.04. The van der Waals surface area contributed by atoms with Crippen molar-refractivity contribution in [2.45, 2.75) is 26.4 Å². The lowest BCUT2D eigenvalue weighted by atomic mass is 10.1. The third kappa shape index (κ3) is 7.33. The molecule has 2 N–H and O–H groups in total. The summed E-state index contributed by atoms with van der Waals surface area (Å²) in [6.45, 7) is 6.55. The quantitative estimate of drug-likeness (QED) is 0.363. The van der Waals surface area contributed by atoms with E-state index >= 15 is 0 Å². The second kappa shape index (κ2) is 11.5. The molecule has 1 heterocycles. The summed E-state index contributed by atoms with van der Waals surface area (Å²) in [6.07, 6.45) is 0. The maximum Gasteiger partial charge on any atom is 0.191 e. The van der Waals surface area contributed by atoms with Gasteiger partial charge < -0.3 is 15.5 Å². The van der Waals surface area contributed by atoms with Gasteiger partial charge in [0, 0.05) is 18.0 Å². The molecule has 1 aromatic heterocycles. The van der Waals surface area contributed by atoms with Crippen LogP contribution in [0.25, 0.3) is 0 Å². The van der Waals surface area contributed by atoms with Crippen LogP contribution >= 0.6 is 35.3 Å². The van der Waals surface area contributed by atoms with E-state index in [0.717, 1.165) is 19.0 Å². The SMILES string of the molecule is CCNC(=NCc1ccc(C)cc1)NCC(c1cccs1)N(C)C.I. The lowest BCUT2D eigenvalue weighted by Gasteiger charge is -2.24. The van der Waals surface area contributed by atoms with Crippen LogP contribution in [0.2, 0.25) is 0 Å². The van der Waals surface area contributed by atoms with Gasteiger partial charge in [0.05, 0.1) is 12.6 Å². The van der Waals surface area contributed by atoms with Gasteiger partial charge in [-0.15, -0.1) is 35.3 Å². The van der Waals surface area contributed by atoms with Crippen molar-refractivity contribution < 1.29 is 0 Å². The zero-order valence-electron chi connectivity index (χ0n) is 15.5. The molecule has 0 saturated carbocycles. The topological polar surface area (TPSA) is 39.7 Å². The van der Waals surface area contributed by atoms with Gasteiger partial charge in [0.25, 0.3) is 0 Å². The van der Waals surface area contributed by atoms with E-state index in [4.69, 9.17) is 4.99 Å². The van der Waals surface area contributed by atoms with Crippen molar-refractivity contribution >= 4 is 41.3 Å². The summed E-state index contributed by atoms with van der Waals surface area (Å²) in [7, 11) is 4.23. The Kier molecular flexibility index (Phi) is 10.1. The van der Waals surface area contributed by atoms with Gasteiger partial charge in [-0.25, -0.2) is 4.99 Å². The first-order valence-corrected chi connectivity index (χ1v) is 9.25. The van der Waals surface area contributed by atoms with Crippen molar-refractivity contribution in [2.75, 3.05) is 27.2 Å². The van der Waals surface area contributed by atoms with Crippen LogP contribution in [0.4, 0.5) is 0 Å². The number of hydrogen-bond donors (Lipinski definition) is 2. The number of benzene rings is 1. The van der Waals surface area contributed by atoms with Crippen LogP contribution in [0.15, 0.2) is 46.8 Å². The lowest BCUT2D eigenvalue weighted by Crippen LogP contribution is -2.41. The van der Waals surface area contributed by atoms with Gasteiger partial charge in [-0.3, -0.25) is 0 Å². The maximum atomic E-state index is 4.71. The highest BCUT2D eigenvalue weighted by molar-refractivity contribution is 14.0. The molecule has 0 aliphatic rings. The molecule has 4 nitrogen and oxygen atoms in total. The van der Waals surface area contributed by atoms with Crippen molar-refractivity contribution in [2.24, 2.45) is 4.99 Å². The molecule has 1 aromatic carbocycles. The molecule has 6 heteroatoms. The summed E-state index contributed by atoms with van der Waals surface area (Å²) in [5.74, 6) is 0.862. The summed E-state index contributed by atoms with van der Waals surface area (Å²) in [4.78, 5) is 8.31. The molecule has 2 rings (SSSR count). The number of nitrogens with one attached hydrogen (secondary N) is 2. The Hall–Kier alpha value is -1.12. The van der Waals surface area contributed by atoms with Crippen LogP contribution < -0.4 is 10.6 Å². The molecular formula is C19H29IN4S. The Morgan fingerprint density at radius 2 is 1.88 bits per heavy atom. The van der Waals surface area contributed by atoms with Crippen molar-refractivity contribution in [1.82, 2.24) is 15.5 Å². The third-order valence-corrected chi connectivity index (χ3v) is 4.82. The van der Waals surface area contributed by atoms with E-state index in [1.54, 1.807) is 11.3 Å². The van der Waals surface area contributed by atoms with Crippen molar-refractivity contribution in [1.29, 1.82) is 0 Å². The highest BCUT2D eigenvalue weighted by Gasteiger charge is 2.15. The molecule has 0 bridgehead atoms. The molecule has 0 aliphatic carbocycles. The Morgan fingerprint density at radius 1 is 1.16 bits per heavy atom. The van der Waals surface area contributed by atoms with E-state index in [1.165, 1.54) is 16.0 Å². The first kappa shape index (κ1) is 21.9. The number of aryl methyl sites for hydroxylation is 1. The minimum absolute atomic E-state index is 0. The lowest BCUT2D eigenvalue weighted by molar-refractivity contribution is 0.302. The standard InChI is InChI=1S/C19H28N4S.HI/c1-5-20-19(21-13-16-10-8-15(2)9-11-16)22-14-17(23(3)4)18-7-6-12-24-18;/h6-12,17H,5,13-14H2,1-4H3,(H2,20,21,22);1H. The number of aliphatic imine (C=N–C) groups is 1. The summed E-state index contributed by atoms with van der Waals surface area (Å²) in [6, 6.07) is 13.2. The van der Waals surface area contributed by atoms with E-state index in [1.807, 2.05) is 0 Å². The summed E-state index contributed by atoms with van der Waals surface area (Å²) in [5.41, 5.74) is 2.50. The molecule has 0 aliphatic heterocycles. The van der Waals surface area contributed by atoms with Crippen LogP contribution in [0.5, 0.6) is 0 Å². The highest BCUT2D eigenvalue weighted by atomic mass is 127. The molecular weight excluding hydrogens is 443 g/mol. The van der Waals surface area contributed by atoms with Crippen LogP contribution in [0.3, 0.4) is 0 Å². The first-order chi connectivity index (χ1) is 11.6. The van der Waals surface area contributed by atoms with E-state index in [9.17, 15) is 0 Å². The molecule has 2 aromatic rings. The van der Waals surface area contributed by atoms with Crippen LogP contribution in [-0.2, 0) is 6.54 Å². The number of guanidine groups is 1. The van der Waals surface area contributed by atoms with Gasteiger partial charge in [0.2, 0.25) is 0 Å². The molecule has 0 fully saturated rings. The zero-order chi connectivity index (χ0) is 17.4. The molecule has 0 spiro atoms. The predicted octanol–water partition coefficient (Wildman–Crippen LogP) is 4.03. The Labute approximate surface area is 172 Å². The van der Waals surface area contributed by atoms with Gasteiger partial charge in [-0.2, -0.15) is 0 Å². The maximum absolute atomic E-state index is 4.71. The largest absolute Gasteiger partial charge is 0.357 e. The minimum Gasteiger partial charge on any atom is -0.357 e. The summed E-state index contributed by atoms with van der Waals surface area (Å²) in [5, 5.41) is 8.93. The van der Waals surface area contributed by atoms with E-state index in [0.29, 0.717) is 12.6 Å². The second-order valence-electron chi connectivity index (χ2n) is 6.06. The predicted molar refractivity (Wildman–Crippen MR) is 120 cm³/mol. The Balaban J connectivity index is 0.00000312. The van der Waals surface area contributed by atoms with Gasteiger partial charge in [0.15, 0.2) is 5.96 Å². The van der Waals surface area contributed by atoms with Crippen molar-refractivity contribution in [3.63, 3.8) is 0 Å². The van der Waals surface area contributed by atoms with E-state index < -0.39 is 0 Å². The van der Waals surface area contributed by atoms with Gasteiger partial charge in [-0.1, -0.05) is 35.9 Å². The average molecular weight is 472 g/mol. The number of rotatable bonds is 7. The fourth-order valence-electron chi connectivity index (χ4n) is 2.42. The van der Waals surface area contributed by atoms with Gasteiger partial charge in [-0.05, 0) is 45.0 Å².